The summed E-state index contributed by atoms with van der Waals surface area (Å²) in [6, 6.07) is 12.9. The molecule has 1 atom stereocenters. The van der Waals surface area contributed by atoms with Crippen molar-refractivity contribution in [1.29, 1.82) is 0 Å². The van der Waals surface area contributed by atoms with Gasteiger partial charge in [0.1, 0.15) is 0 Å². The second-order valence-corrected chi connectivity index (χ2v) is 5.93. The van der Waals surface area contributed by atoms with Gasteiger partial charge in [0.25, 0.3) is 5.91 Å². The Morgan fingerprint density at radius 1 is 1.20 bits per heavy atom. The van der Waals surface area contributed by atoms with E-state index in [2.05, 4.69) is 10.6 Å². The lowest BCUT2D eigenvalue weighted by Crippen LogP contribution is -2.35. The molecule has 20 heavy (non-hydrogen) atoms. The molecule has 1 unspecified atom stereocenters. The van der Waals surface area contributed by atoms with Gasteiger partial charge in [0.15, 0.2) is 0 Å². The molecule has 1 heterocycles. The largest absolute Gasteiger partial charge is 0.389 e. The zero-order valence-corrected chi connectivity index (χ0v) is 12.2. The fourth-order valence-electron chi connectivity index (χ4n) is 1.60. The fourth-order valence-corrected chi connectivity index (χ4v) is 2.56. The molecule has 0 saturated heterocycles. The quantitative estimate of drug-likeness (QED) is 0.768. The van der Waals surface area contributed by atoms with E-state index < -0.39 is 6.10 Å². The second-order valence-electron chi connectivity index (χ2n) is 4.21. The van der Waals surface area contributed by atoms with Gasteiger partial charge in [0, 0.05) is 18.8 Å². The number of rotatable bonds is 6. The second kappa shape index (κ2) is 7.28. The van der Waals surface area contributed by atoms with Crippen LogP contribution in [0.2, 0.25) is 4.34 Å². The maximum Gasteiger partial charge on any atom is 0.261 e. The van der Waals surface area contributed by atoms with E-state index in [-0.39, 0.29) is 12.5 Å². The highest BCUT2D eigenvalue weighted by Crippen LogP contribution is 2.20. The molecule has 106 valence electrons. The molecule has 2 aromatic rings. The average molecular weight is 311 g/mol. The minimum Gasteiger partial charge on any atom is -0.389 e. The van der Waals surface area contributed by atoms with Crippen LogP contribution in [0.5, 0.6) is 0 Å². The van der Waals surface area contributed by atoms with Gasteiger partial charge in [-0.3, -0.25) is 4.79 Å². The van der Waals surface area contributed by atoms with E-state index in [1.165, 1.54) is 11.3 Å². The monoisotopic (exact) mass is 310 g/mol. The number of nitrogens with one attached hydrogen (secondary N) is 2. The molecule has 0 saturated carbocycles. The molecule has 0 fully saturated rings. The number of hydrogen-bond acceptors (Lipinski definition) is 4. The normalized spacial score (nSPS) is 11.9. The fraction of sp³-hybridized carbons (Fsp3) is 0.214. The number of halogens is 1. The Labute approximate surface area is 126 Å². The average Bonchev–Trinajstić information content (AvgIpc) is 2.90. The lowest BCUT2D eigenvalue weighted by molar-refractivity contribution is 0.0926. The van der Waals surface area contributed by atoms with Crippen molar-refractivity contribution in [2.75, 3.05) is 18.4 Å². The Morgan fingerprint density at radius 3 is 2.60 bits per heavy atom. The van der Waals surface area contributed by atoms with Gasteiger partial charge in [0.05, 0.1) is 15.3 Å². The minimum atomic E-state index is -0.658. The molecule has 0 aliphatic heterocycles. The number of carbonyl (C=O) groups is 1. The van der Waals surface area contributed by atoms with Crippen LogP contribution in [0.1, 0.15) is 9.67 Å². The van der Waals surface area contributed by atoms with Gasteiger partial charge in [-0.1, -0.05) is 29.8 Å². The SMILES string of the molecule is O=C(NCC(O)CNc1ccccc1)c1ccc(Cl)s1. The van der Waals surface area contributed by atoms with Crippen molar-refractivity contribution in [2.45, 2.75) is 6.10 Å². The van der Waals surface area contributed by atoms with Crippen LogP contribution in [0, 0.1) is 0 Å². The zero-order chi connectivity index (χ0) is 14.4. The lowest BCUT2D eigenvalue weighted by Gasteiger charge is -2.13. The predicted octanol–water partition coefficient (Wildman–Crippen LogP) is 2.60. The van der Waals surface area contributed by atoms with Crippen molar-refractivity contribution >= 4 is 34.5 Å². The number of para-hydroxylation sites is 1. The first-order chi connectivity index (χ1) is 9.65. The predicted molar refractivity (Wildman–Crippen MR) is 82.6 cm³/mol. The first-order valence-electron chi connectivity index (χ1n) is 6.15. The van der Waals surface area contributed by atoms with Crippen LogP contribution < -0.4 is 10.6 Å². The standard InChI is InChI=1S/C14H15ClN2O2S/c15-13-7-6-12(20-13)14(19)17-9-11(18)8-16-10-4-2-1-3-5-10/h1-7,11,16,18H,8-9H2,(H,17,19). The van der Waals surface area contributed by atoms with E-state index >= 15 is 0 Å². The highest BCUT2D eigenvalue weighted by atomic mass is 35.5. The lowest BCUT2D eigenvalue weighted by atomic mass is 10.3. The van der Waals surface area contributed by atoms with Crippen molar-refractivity contribution in [1.82, 2.24) is 5.32 Å². The summed E-state index contributed by atoms with van der Waals surface area (Å²) in [6.07, 6.45) is -0.658. The summed E-state index contributed by atoms with van der Waals surface area (Å²) in [5.41, 5.74) is 0.933. The van der Waals surface area contributed by atoms with Gasteiger partial charge >= 0.3 is 0 Å². The minimum absolute atomic E-state index is 0.189. The number of thiophene rings is 1. The number of carbonyl (C=O) groups excluding carboxylic acids is 1. The Bertz CT molecular complexity index is 559. The number of aliphatic hydroxyl groups excluding tert-OH is 1. The number of hydrogen-bond donors (Lipinski definition) is 3. The highest BCUT2D eigenvalue weighted by Gasteiger charge is 2.10. The van der Waals surface area contributed by atoms with Crippen LogP contribution >= 0.6 is 22.9 Å². The molecule has 1 aromatic carbocycles. The molecule has 0 aliphatic rings. The van der Waals surface area contributed by atoms with E-state index in [0.29, 0.717) is 15.8 Å². The molecule has 0 radical (unpaired) electrons. The molecular weight excluding hydrogens is 296 g/mol. The van der Waals surface area contributed by atoms with Crippen molar-refractivity contribution in [3.8, 4) is 0 Å². The molecule has 6 heteroatoms. The first-order valence-corrected chi connectivity index (χ1v) is 7.35. The molecule has 2 rings (SSSR count). The topological polar surface area (TPSA) is 61.4 Å². The molecule has 1 aromatic heterocycles. The van der Waals surface area contributed by atoms with Crippen molar-refractivity contribution in [2.24, 2.45) is 0 Å². The van der Waals surface area contributed by atoms with Gasteiger partial charge in [0.2, 0.25) is 0 Å². The Kier molecular flexibility index (Phi) is 5.40. The van der Waals surface area contributed by atoms with Gasteiger partial charge in [-0.15, -0.1) is 11.3 Å². The highest BCUT2D eigenvalue weighted by molar-refractivity contribution is 7.17. The summed E-state index contributed by atoms with van der Waals surface area (Å²) in [5.74, 6) is -0.222. The number of anilines is 1. The molecule has 0 bridgehead atoms. The summed E-state index contributed by atoms with van der Waals surface area (Å²) in [4.78, 5) is 12.3. The Balaban J connectivity index is 1.72. The summed E-state index contributed by atoms with van der Waals surface area (Å²) in [7, 11) is 0. The van der Waals surface area contributed by atoms with Gasteiger partial charge in [-0.2, -0.15) is 0 Å². The molecule has 0 spiro atoms. The van der Waals surface area contributed by atoms with Crippen LogP contribution in [0.4, 0.5) is 5.69 Å². The maximum absolute atomic E-state index is 11.7. The van der Waals surface area contributed by atoms with Gasteiger partial charge in [-0.25, -0.2) is 0 Å². The number of aliphatic hydroxyl groups is 1. The molecular formula is C14H15ClN2O2S. The van der Waals surface area contributed by atoms with Gasteiger partial charge in [-0.05, 0) is 24.3 Å². The van der Waals surface area contributed by atoms with E-state index in [0.717, 1.165) is 5.69 Å². The van der Waals surface area contributed by atoms with Crippen molar-refractivity contribution in [3.05, 3.63) is 51.7 Å². The molecule has 4 nitrogen and oxygen atoms in total. The van der Waals surface area contributed by atoms with E-state index in [9.17, 15) is 9.90 Å². The van der Waals surface area contributed by atoms with Crippen LogP contribution in [-0.2, 0) is 0 Å². The van der Waals surface area contributed by atoms with Crippen LogP contribution in [0.25, 0.3) is 0 Å². The number of amides is 1. The van der Waals surface area contributed by atoms with Crippen molar-refractivity contribution < 1.29 is 9.90 Å². The van der Waals surface area contributed by atoms with E-state index in [4.69, 9.17) is 11.6 Å². The first kappa shape index (κ1) is 14.8. The summed E-state index contributed by atoms with van der Waals surface area (Å²) in [6.45, 7) is 0.559. The van der Waals surface area contributed by atoms with E-state index in [1.54, 1.807) is 12.1 Å². The third-order valence-electron chi connectivity index (χ3n) is 2.61. The Morgan fingerprint density at radius 2 is 1.95 bits per heavy atom. The molecule has 0 aliphatic carbocycles. The van der Waals surface area contributed by atoms with Crippen molar-refractivity contribution in [3.63, 3.8) is 0 Å². The molecule has 3 N–H and O–H groups in total. The maximum atomic E-state index is 11.7. The van der Waals surface area contributed by atoms with E-state index in [1.807, 2.05) is 30.3 Å². The van der Waals surface area contributed by atoms with Crippen LogP contribution in [0.3, 0.4) is 0 Å². The third kappa shape index (κ3) is 4.52. The van der Waals surface area contributed by atoms with Gasteiger partial charge < -0.3 is 15.7 Å². The summed E-state index contributed by atoms with van der Waals surface area (Å²) >= 11 is 6.98. The smallest absolute Gasteiger partial charge is 0.261 e. The zero-order valence-electron chi connectivity index (χ0n) is 10.7. The van der Waals surface area contributed by atoms with Crippen LogP contribution in [0.15, 0.2) is 42.5 Å². The Hall–Kier alpha value is -1.56. The summed E-state index contributed by atoms with van der Waals surface area (Å²) in [5, 5.41) is 15.6. The van der Waals surface area contributed by atoms with Crippen LogP contribution in [-0.4, -0.2) is 30.2 Å². The summed E-state index contributed by atoms with van der Waals surface area (Å²) < 4.78 is 0.571. The third-order valence-corrected chi connectivity index (χ3v) is 3.84. The molecule has 1 amide bonds. The number of benzene rings is 1.